The normalized spacial score (nSPS) is 11.6. The molecule has 0 fully saturated rings. The average Bonchev–Trinajstić information content (AvgIpc) is 3.14. The summed E-state index contributed by atoms with van der Waals surface area (Å²) >= 11 is 0. The Morgan fingerprint density at radius 3 is 0.569 bits per heavy atom. The van der Waals surface area contributed by atoms with Crippen molar-refractivity contribution in [2.75, 3.05) is 145 Å². The summed E-state index contributed by atoms with van der Waals surface area (Å²) in [7, 11) is 0. The Labute approximate surface area is 313 Å². The maximum absolute atomic E-state index is 5.69. The molecule has 0 saturated heterocycles. The lowest BCUT2D eigenvalue weighted by Gasteiger charge is -2.09. The van der Waals surface area contributed by atoms with Gasteiger partial charge in [-0.15, -0.1) is 0 Å². The van der Waals surface area contributed by atoms with E-state index >= 15 is 0 Å². The number of hydrogen-bond acceptors (Lipinski definition) is 11. The fourth-order valence-electron chi connectivity index (χ4n) is 5.10. The van der Waals surface area contributed by atoms with Gasteiger partial charge in [0.1, 0.15) is 0 Å². The van der Waals surface area contributed by atoms with Gasteiger partial charge < -0.3 is 52.1 Å². The van der Waals surface area contributed by atoms with Crippen molar-refractivity contribution in [3.63, 3.8) is 0 Å². The van der Waals surface area contributed by atoms with E-state index in [1.54, 1.807) is 0 Å². The number of hydrogen-bond donors (Lipinski definition) is 0. The summed E-state index contributed by atoms with van der Waals surface area (Å²) in [6, 6.07) is 0. The largest absolute Gasteiger partial charge is 0.379 e. The lowest BCUT2D eigenvalue weighted by molar-refractivity contribution is -0.0274. The van der Waals surface area contributed by atoms with Crippen LogP contribution in [0.15, 0.2) is 0 Å². The third-order valence-electron chi connectivity index (χ3n) is 8.07. The van der Waals surface area contributed by atoms with Crippen molar-refractivity contribution in [2.24, 2.45) is 0 Å². The first-order chi connectivity index (χ1) is 25.4. The quantitative estimate of drug-likeness (QED) is 0.0582. The highest BCUT2D eigenvalue weighted by Gasteiger charge is 1.98. The molecule has 0 bridgehead atoms. The van der Waals surface area contributed by atoms with Gasteiger partial charge >= 0.3 is 0 Å². The molecule has 0 aliphatic rings. The zero-order chi connectivity index (χ0) is 36.6. The molecule has 0 radical (unpaired) electrons. The van der Waals surface area contributed by atoms with Crippen LogP contribution < -0.4 is 0 Å². The Morgan fingerprint density at radius 1 is 0.176 bits per heavy atom. The minimum Gasteiger partial charge on any atom is -0.379 e. The molecule has 0 aromatic carbocycles. The van der Waals surface area contributed by atoms with Crippen molar-refractivity contribution in [1.82, 2.24) is 0 Å². The predicted molar refractivity (Wildman–Crippen MR) is 204 cm³/mol. The van der Waals surface area contributed by atoms with Gasteiger partial charge in [0.25, 0.3) is 0 Å². The maximum atomic E-state index is 5.69. The summed E-state index contributed by atoms with van der Waals surface area (Å²) < 4.78 is 60.3. The average molecular weight is 739 g/mol. The van der Waals surface area contributed by atoms with E-state index in [0.717, 1.165) is 13.0 Å². The second-order valence-corrected chi connectivity index (χ2v) is 12.6. The van der Waals surface area contributed by atoms with Gasteiger partial charge in [0.05, 0.1) is 132 Å². The van der Waals surface area contributed by atoms with Crippen LogP contribution in [0.4, 0.5) is 0 Å². The molecule has 0 aromatic heterocycles. The van der Waals surface area contributed by atoms with Crippen molar-refractivity contribution in [2.45, 2.75) is 117 Å². The highest BCUT2D eigenvalue weighted by Crippen LogP contribution is 2.13. The van der Waals surface area contributed by atoms with Crippen LogP contribution in [0.1, 0.15) is 117 Å². The molecule has 0 unspecified atom stereocenters. The highest BCUT2D eigenvalue weighted by molar-refractivity contribution is 4.50. The van der Waals surface area contributed by atoms with Gasteiger partial charge in [0.15, 0.2) is 0 Å². The van der Waals surface area contributed by atoms with Crippen LogP contribution >= 0.6 is 0 Å². The molecule has 0 spiro atoms. The topological polar surface area (TPSA) is 102 Å². The Bertz CT molecular complexity index is 541. The number of ether oxygens (including phenoxy) is 11. The van der Waals surface area contributed by atoms with Crippen LogP contribution in [0, 0.1) is 0 Å². The third-order valence-corrected chi connectivity index (χ3v) is 8.07. The van der Waals surface area contributed by atoms with Crippen molar-refractivity contribution in [3.05, 3.63) is 0 Å². The van der Waals surface area contributed by atoms with Gasteiger partial charge in [-0.05, 0) is 13.3 Å². The Hall–Kier alpha value is -0.440. The monoisotopic (exact) mass is 739 g/mol. The first-order valence-corrected chi connectivity index (χ1v) is 20.8. The summed E-state index contributed by atoms with van der Waals surface area (Å²) in [4.78, 5) is 0. The molecule has 11 nitrogen and oxygen atoms in total. The Balaban J connectivity index is 3.04. The summed E-state index contributed by atoms with van der Waals surface area (Å²) in [5.41, 5.74) is 0. The first kappa shape index (κ1) is 50.6. The van der Waals surface area contributed by atoms with Crippen molar-refractivity contribution in [1.29, 1.82) is 0 Å². The maximum Gasteiger partial charge on any atom is 0.0701 e. The van der Waals surface area contributed by atoms with Crippen LogP contribution in [-0.4, -0.2) is 145 Å². The fourth-order valence-corrected chi connectivity index (χ4v) is 5.10. The summed E-state index contributed by atoms with van der Waals surface area (Å²) in [5.74, 6) is 0. The molecule has 0 saturated carbocycles. The van der Waals surface area contributed by atoms with Crippen molar-refractivity contribution < 1.29 is 52.1 Å². The SMILES string of the molecule is CCCCCCCCCCCCCCCCCCOCCOCCOCCOCCOCCOCCOCCOCCOCCOCCOCC. The molecule has 11 heteroatoms. The predicted octanol–water partition coefficient (Wildman–Crippen LogP) is 7.45. The summed E-state index contributed by atoms with van der Waals surface area (Å²) in [6.07, 6.45) is 22.2. The zero-order valence-corrected chi connectivity index (χ0v) is 33.4. The Kier molecular flexibility index (Phi) is 49.1. The van der Waals surface area contributed by atoms with E-state index < -0.39 is 0 Å². The molecule has 0 atom stereocenters. The molecular weight excluding hydrogens is 656 g/mol. The first-order valence-electron chi connectivity index (χ1n) is 20.8. The van der Waals surface area contributed by atoms with Crippen LogP contribution in [0.3, 0.4) is 0 Å². The number of unbranched alkanes of at least 4 members (excludes halogenated alkanes) is 15. The molecule has 0 aromatic rings. The van der Waals surface area contributed by atoms with Gasteiger partial charge in [-0.2, -0.15) is 0 Å². The van der Waals surface area contributed by atoms with E-state index in [1.807, 2.05) is 6.92 Å². The number of rotatable bonds is 48. The lowest BCUT2D eigenvalue weighted by Crippen LogP contribution is -2.15. The molecule has 0 aliphatic heterocycles. The molecule has 0 rings (SSSR count). The molecule has 51 heavy (non-hydrogen) atoms. The standard InChI is InChI=1S/C40H82O11/c1-3-5-6-7-8-9-10-11-12-13-14-15-16-17-18-19-20-42-23-24-44-27-28-46-31-32-48-35-36-50-39-40-51-38-37-49-34-33-47-30-29-45-26-25-43-22-21-41-4-2/h3-40H2,1-2H3. The highest BCUT2D eigenvalue weighted by atomic mass is 16.6. The van der Waals surface area contributed by atoms with Crippen LogP contribution in [-0.2, 0) is 52.1 Å². The van der Waals surface area contributed by atoms with E-state index in [-0.39, 0.29) is 0 Å². The molecule has 0 aliphatic carbocycles. The van der Waals surface area contributed by atoms with Gasteiger partial charge in [-0.3, -0.25) is 0 Å². The van der Waals surface area contributed by atoms with Gasteiger partial charge in [0, 0.05) is 13.2 Å². The molecule has 0 amide bonds. The minimum atomic E-state index is 0.528. The summed E-state index contributed by atoms with van der Waals surface area (Å²) in [5, 5.41) is 0. The van der Waals surface area contributed by atoms with E-state index in [9.17, 15) is 0 Å². The van der Waals surface area contributed by atoms with E-state index in [0.29, 0.717) is 139 Å². The molecular formula is C40H82O11. The molecule has 0 heterocycles. The van der Waals surface area contributed by atoms with E-state index in [1.165, 1.54) is 96.3 Å². The second kappa shape index (κ2) is 49.6. The molecule has 308 valence electrons. The lowest BCUT2D eigenvalue weighted by atomic mass is 10.0. The zero-order valence-electron chi connectivity index (χ0n) is 33.4. The van der Waals surface area contributed by atoms with Gasteiger partial charge in [-0.25, -0.2) is 0 Å². The minimum absolute atomic E-state index is 0.528. The van der Waals surface area contributed by atoms with Crippen LogP contribution in [0.5, 0.6) is 0 Å². The van der Waals surface area contributed by atoms with E-state index in [4.69, 9.17) is 52.1 Å². The van der Waals surface area contributed by atoms with Crippen molar-refractivity contribution in [3.8, 4) is 0 Å². The smallest absolute Gasteiger partial charge is 0.0701 e. The van der Waals surface area contributed by atoms with Gasteiger partial charge in [0.2, 0.25) is 0 Å². The van der Waals surface area contributed by atoms with E-state index in [2.05, 4.69) is 6.92 Å². The second-order valence-electron chi connectivity index (χ2n) is 12.6. The van der Waals surface area contributed by atoms with Crippen LogP contribution in [0.2, 0.25) is 0 Å². The van der Waals surface area contributed by atoms with Crippen LogP contribution in [0.25, 0.3) is 0 Å². The third kappa shape index (κ3) is 49.6. The van der Waals surface area contributed by atoms with Gasteiger partial charge in [-0.1, -0.05) is 103 Å². The fraction of sp³-hybridized carbons (Fsp3) is 1.00. The molecule has 0 N–H and O–H groups in total. The Morgan fingerprint density at radius 2 is 0.353 bits per heavy atom. The van der Waals surface area contributed by atoms with Crippen molar-refractivity contribution >= 4 is 0 Å². The summed E-state index contributed by atoms with van der Waals surface area (Å²) in [6.45, 7) is 17.0.